The van der Waals surface area contributed by atoms with Gasteiger partial charge in [0.15, 0.2) is 11.6 Å². The molecule has 0 unspecified atom stereocenters. The van der Waals surface area contributed by atoms with Crippen molar-refractivity contribution in [1.29, 1.82) is 0 Å². The van der Waals surface area contributed by atoms with E-state index in [4.69, 9.17) is 4.74 Å². The van der Waals surface area contributed by atoms with Crippen LogP contribution < -0.4 is 4.74 Å². The summed E-state index contributed by atoms with van der Waals surface area (Å²) in [6, 6.07) is 9.19. The highest BCUT2D eigenvalue weighted by molar-refractivity contribution is 5.98. The van der Waals surface area contributed by atoms with Crippen molar-refractivity contribution >= 4 is 5.91 Å². The van der Waals surface area contributed by atoms with E-state index in [1.807, 2.05) is 49.1 Å². The standard InChI is InChI=1S/C23H24N8O2/c1-3-33-22-17(6-4-10-24-22)20-27-21(29-28-20)18-7-5-13-30(18)23(32)16-9-8-15(2)14-19(16)31-25-11-12-26-31/h4,6,8-12,14,18H,3,5,7,13H2,1-2H3,(H,27,28,29)/t18-/m0/s1. The van der Waals surface area contributed by atoms with E-state index < -0.39 is 0 Å². The molecular formula is C23H24N8O2. The maximum absolute atomic E-state index is 13.6. The van der Waals surface area contributed by atoms with Crippen molar-refractivity contribution in [2.45, 2.75) is 32.7 Å². The second-order valence-corrected chi connectivity index (χ2v) is 7.84. The minimum atomic E-state index is -0.203. The highest BCUT2D eigenvalue weighted by Gasteiger charge is 2.34. The van der Waals surface area contributed by atoms with Crippen LogP contribution in [0.2, 0.25) is 0 Å². The Morgan fingerprint density at radius 1 is 1.18 bits per heavy atom. The molecular weight excluding hydrogens is 420 g/mol. The van der Waals surface area contributed by atoms with Gasteiger partial charge in [0.25, 0.3) is 5.91 Å². The van der Waals surface area contributed by atoms with Gasteiger partial charge in [0.1, 0.15) is 0 Å². The monoisotopic (exact) mass is 444 g/mol. The summed E-state index contributed by atoms with van der Waals surface area (Å²) in [6.45, 7) is 5.02. The first-order valence-corrected chi connectivity index (χ1v) is 10.9. The number of nitrogens with one attached hydrogen (secondary N) is 1. The van der Waals surface area contributed by atoms with E-state index in [0.717, 1.165) is 24.0 Å². The number of pyridine rings is 1. The Morgan fingerprint density at radius 3 is 2.85 bits per heavy atom. The van der Waals surface area contributed by atoms with Crippen LogP contribution in [0, 0.1) is 6.92 Å². The maximum Gasteiger partial charge on any atom is 0.256 e. The van der Waals surface area contributed by atoms with Crippen LogP contribution in [0.1, 0.15) is 47.6 Å². The highest BCUT2D eigenvalue weighted by Crippen LogP contribution is 2.34. The van der Waals surface area contributed by atoms with Gasteiger partial charge in [-0.05, 0) is 56.5 Å². The Bertz CT molecular complexity index is 1270. The summed E-state index contributed by atoms with van der Waals surface area (Å²) in [6.07, 6.45) is 6.55. The zero-order chi connectivity index (χ0) is 22.8. The summed E-state index contributed by atoms with van der Waals surface area (Å²) >= 11 is 0. The Hall–Kier alpha value is -4.08. The molecule has 4 heterocycles. The fourth-order valence-corrected chi connectivity index (χ4v) is 4.15. The molecule has 0 bridgehead atoms. The lowest BCUT2D eigenvalue weighted by Gasteiger charge is -2.24. The van der Waals surface area contributed by atoms with Crippen LogP contribution in [0.15, 0.2) is 48.9 Å². The lowest BCUT2D eigenvalue weighted by Crippen LogP contribution is -2.32. The van der Waals surface area contributed by atoms with Gasteiger partial charge >= 0.3 is 0 Å². The number of aromatic amines is 1. The largest absolute Gasteiger partial charge is 0.477 e. The Balaban J connectivity index is 1.45. The first-order valence-electron chi connectivity index (χ1n) is 10.9. The molecule has 10 heteroatoms. The van der Waals surface area contributed by atoms with Crippen LogP contribution in [0.4, 0.5) is 0 Å². The van der Waals surface area contributed by atoms with Crippen molar-refractivity contribution < 1.29 is 9.53 Å². The number of amides is 1. The second kappa shape index (κ2) is 8.81. The topological polar surface area (TPSA) is 115 Å². The van der Waals surface area contributed by atoms with Crippen molar-refractivity contribution in [2.24, 2.45) is 0 Å². The molecule has 4 aromatic rings. The van der Waals surface area contributed by atoms with Crippen LogP contribution in [0.5, 0.6) is 5.88 Å². The second-order valence-electron chi connectivity index (χ2n) is 7.84. The van der Waals surface area contributed by atoms with Gasteiger partial charge in [-0.1, -0.05) is 6.07 Å². The number of hydrogen-bond acceptors (Lipinski definition) is 7. The number of carbonyl (C=O) groups excluding carboxylic acids is 1. The zero-order valence-electron chi connectivity index (χ0n) is 18.5. The number of H-pyrrole nitrogens is 1. The van der Waals surface area contributed by atoms with Gasteiger partial charge in [0, 0.05) is 12.7 Å². The lowest BCUT2D eigenvalue weighted by atomic mass is 10.1. The molecule has 0 spiro atoms. The summed E-state index contributed by atoms with van der Waals surface area (Å²) in [4.78, 5) is 24.5. The molecule has 0 saturated carbocycles. The molecule has 33 heavy (non-hydrogen) atoms. The van der Waals surface area contributed by atoms with Crippen LogP contribution in [-0.2, 0) is 0 Å². The summed E-state index contributed by atoms with van der Waals surface area (Å²) in [5.74, 6) is 1.63. The summed E-state index contributed by atoms with van der Waals surface area (Å²) in [5, 5.41) is 17.1. The van der Waals surface area contributed by atoms with Crippen LogP contribution in [0.25, 0.3) is 17.1 Å². The molecule has 168 valence electrons. The van der Waals surface area contributed by atoms with Crippen molar-refractivity contribution in [2.75, 3.05) is 13.2 Å². The van der Waals surface area contributed by atoms with E-state index in [1.54, 1.807) is 18.6 Å². The first kappa shape index (κ1) is 20.8. The summed E-state index contributed by atoms with van der Waals surface area (Å²) in [7, 11) is 0. The first-order chi connectivity index (χ1) is 16.2. The van der Waals surface area contributed by atoms with E-state index in [2.05, 4.69) is 30.4 Å². The molecule has 1 fully saturated rings. The molecule has 10 nitrogen and oxygen atoms in total. The molecule has 3 aromatic heterocycles. The molecule has 1 aliphatic rings. The van der Waals surface area contributed by atoms with Crippen molar-refractivity contribution in [1.82, 2.24) is 40.1 Å². The average molecular weight is 444 g/mol. The SMILES string of the molecule is CCOc1ncccc1-c1nnc([C@@H]2CCCN2C(=O)c2ccc(C)cc2-n2nccn2)[nH]1. The number of aryl methyl sites for hydroxylation is 1. The zero-order valence-corrected chi connectivity index (χ0v) is 18.5. The molecule has 5 rings (SSSR count). The third-order valence-electron chi connectivity index (χ3n) is 5.66. The minimum absolute atomic E-state index is 0.0841. The minimum Gasteiger partial charge on any atom is -0.477 e. The molecule has 1 saturated heterocycles. The number of carbonyl (C=O) groups is 1. The van der Waals surface area contributed by atoms with Crippen molar-refractivity contribution in [3.8, 4) is 23.0 Å². The van der Waals surface area contributed by atoms with Gasteiger partial charge in [0.05, 0.1) is 41.9 Å². The predicted octanol–water partition coefficient (Wildman–Crippen LogP) is 3.13. The normalized spacial score (nSPS) is 15.7. The molecule has 0 aliphatic carbocycles. The number of hydrogen-bond donors (Lipinski definition) is 1. The van der Waals surface area contributed by atoms with E-state index in [9.17, 15) is 4.79 Å². The fourth-order valence-electron chi connectivity index (χ4n) is 4.15. The van der Waals surface area contributed by atoms with Crippen LogP contribution in [-0.4, -0.2) is 59.1 Å². The number of nitrogens with zero attached hydrogens (tertiary/aromatic N) is 7. The summed E-state index contributed by atoms with van der Waals surface area (Å²) < 4.78 is 5.62. The third kappa shape index (κ3) is 3.95. The Kier molecular flexibility index (Phi) is 5.55. The van der Waals surface area contributed by atoms with Gasteiger partial charge < -0.3 is 14.6 Å². The molecule has 1 aromatic carbocycles. The van der Waals surface area contributed by atoms with E-state index in [0.29, 0.717) is 41.9 Å². The maximum atomic E-state index is 13.6. The summed E-state index contributed by atoms with van der Waals surface area (Å²) in [5.41, 5.74) is 2.97. The smallest absolute Gasteiger partial charge is 0.256 e. The van der Waals surface area contributed by atoms with Gasteiger partial charge in [0.2, 0.25) is 5.88 Å². The van der Waals surface area contributed by atoms with E-state index >= 15 is 0 Å². The molecule has 1 amide bonds. The highest BCUT2D eigenvalue weighted by atomic mass is 16.5. The van der Waals surface area contributed by atoms with Gasteiger partial charge in [-0.3, -0.25) is 4.79 Å². The molecule has 1 aliphatic heterocycles. The van der Waals surface area contributed by atoms with E-state index in [-0.39, 0.29) is 11.9 Å². The Morgan fingerprint density at radius 2 is 2.03 bits per heavy atom. The molecule has 0 radical (unpaired) electrons. The number of rotatable bonds is 6. The van der Waals surface area contributed by atoms with Crippen LogP contribution >= 0.6 is 0 Å². The number of ether oxygens (including phenoxy) is 1. The Labute approximate surface area is 190 Å². The number of benzene rings is 1. The quantitative estimate of drug-likeness (QED) is 0.486. The van der Waals surface area contributed by atoms with E-state index in [1.165, 1.54) is 4.80 Å². The lowest BCUT2D eigenvalue weighted by molar-refractivity contribution is 0.0729. The third-order valence-corrected chi connectivity index (χ3v) is 5.66. The molecule has 1 atom stereocenters. The molecule has 1 N–H and O–H groups in total. The van der Waals surface area contributed by atoms with Crippen LogP contribution in [0.3, 0.4) is 0 Å². The van der Waals surface area contributed by atoms with Crippen molar-refractivity contribution in [3.05, 3.63) is 65.9 Å². The van der Waals surface area contributed by atoms with Gasteiger partial charge in [-0.25, -0.2) is 4.98 Å². The van der Waals surface area contributed by atoms with Gasteiger partial charge in [-0.15, -0.1) is 10.2 Å². The fraction of sp³-hybridized carbons (Fsp3) is 0.304. The predicted molar refractivity (Wildman–Crippen MR) is 120 cm³/mol. The van der Waals surface area contributed by atoms with Crippen molar-refractivity contribution in [3.63, 3.8) is 0 Å². The average Bonchev–Trinajstić information content (AvgIpc) is 3.61. The number of aromatic nitrogens is 7. The van der Waals surface area contributed by atoms with Gasteiger partial charge in [-0.2, -0.15) is 15.0 Å². The number of likely N-dealkylation sites (tertiary alicyclic amines) is 1.